The molecule has 0 radical (unpaired) electrons. The van der Waals surface area contributed by atoms with Crippen molar-refractivity contribution in [3.8, 4) is 11.5 Å². The minimum atomic E-state index is -0.145. The van der Waals surface area contributed by atoms with Crippen molar-refractivity contribution in [2.75, 3.05) is 14.2 Å². The number of aryl methyl sites for hydroxylation is 1. The van der Waals surface area contributed by atoms with Gasteiger partial charge in [-0.05, 0) is 49.5 Å². The van der Waals surface area contributed by atoms with Gasteiger partial charge in [0, 0.05) is 25.1 Å². The summed E-state index contributed by atoms with van der Waals surface area (Å²) in [5.74, 6) is 1.84. The maximum Gasteiger partial charge on any atom is 0.261 e. The molecule has 1 heterocycles. The Kier molecular flexibility index (Phi) is 7.80. The van der Waals surface area contributed by atoms with Crippen molar-refractivity contribution in [3.63, 3.8) is 0 Å². The van der Waals surface area contributed by atoms with Crippen LogP contribution >= 0.6 is 0 Å². The normalized spacial score (nSPS) is 19.0. The van der Waals surface area contributed by atoms with E-state index in [1.54, 1.807) is 23.8 Å². The minimum Gasteiger partial charge on any atom is -0.493 e. The number of benzene rings is 1. The van der Waals surface area contributed by atoms with E-state index in [1.165, 1.54) is 32.7 Å². The lowest BCUT2D eigenvalue weighted by Crippen LogP contribution is -2.39. The summed E-state index contributed by atoms with van der Waals surface area (Å²) in [6.07, 6.45) is 8.18. The van der Waals surface area contributed by atoms with Crippen LogP contribution in [0.4, 0.5) is 0 Å². The lowest BCUT2D eigenvalue weighted by Gasteiger charge is -2.39. The molecule has 1 amide bonds. The van der Waals surface area contributed by atoms with E-state index in [0.717, 1.165) is 18.8 Å². The highest BCUT2D eigenvalue weighted by atomic mass is 16.5. The van der Waals surface area contributed by atoms with Crippen molar-refractivity contribution in [2.45, 2.75) is 78.3 Å². The second-order valence-corrected chi connectivity index (χ2v) is 9.53. The van der Waals surface area contributed by atoms with Crippen molar-refractivity contribution in [3.05, 3.63) is 28.8 Å². The molecule has 1 aliphatic rings. The Morgan fingerprint density at radius 2 is 1.81 bits per heavy atom. The zero-order valence-electron chi connectivity index (χ0n) is 20.1. The fraction of sp³-hybridized carbons (Fsp3) is 0.640. The number of rotatable bonds is 9. The van der Waals surface area contributed by atoms with Crippen LogP contribution in [0.2, 0.25) is 0 Å². The molecule has 7 heteroatoms. The standard InChI is InChI=1S/C25H37N3O4/c1-6-25(2,3)17-9-11-18(12-10-17)27-23(29)8-7-13-28-16-26-20-15-22(32-5)21(31-4)14-19(20)24(28)30/h14-18H,6-13H2,1-5H3,(H,27,29). The van der Waals surface area contributed by atoms with E-state index < -0.39 is 0 Å². The second kappa shape index (κ2) is 10.4. The molecule has 1 aromatic heterocycles. The molecule has 0 unspecified atom stereocenters. The van der Waals surface area contributed by atoms with Gasteiger partial charge >= 0.3 is 0 Å². The number of methoxy groups -OCH3 is 2. The molecule has 3 rings (SSSR count). The monoisotopic (exact) mass is 443 g/mol. The highest BCUT2D eigenvalue weighted by Crippen LogP contribution is 2.40. The fourth-order valence-electron chi connectivity index (χ4n) is 4.66. The maximum absolute atomic E-state index is 12.9. The van der Waals surface area contributed by atoms with Gasteiger partial charge in [-0.1, -0.05) is 27.2 Å². The van der Waals surface area contributed by atoms with Crippen LogP contribution in [0.25, 0.3) is 10.9 Å². The summed E-state index contributed by atoms with van der Waals surface area (Å²) in [6, 6.07) is 3.63. The first-order chi connectivity index (χ1) is 15.3. The number of nitrogens with zero attached hydrogens (tertiary/aromatic N) is 2. The van der Waals surface area contributed by atoms with E-state index in [1.807, 2.05) is 0 Å². The van der Waals surface area contributed by atoms with Crippen LogP contribution in [0.1, 0.15) is 65.7 Å². The molecule has 1 N–H and O–H groups in total. The lowest BCUT2D eigenvalue weighted by atomic mass is 9.69. The quantitative estimate of drug-likeness (QED) is 0.625. The predicted octanol–water partition coefficient (Wildman–Crippen LogP) is 4.31. The Morgan fingerprint density at radius 3 is 2.44 bits per heavy atom. The van der Waals surface area contributed by atoms with Gasteiger partial charge in [-0.25, -0.2) is 4.98 Å². The molecule has 0 aliphatic heterocycles. The molecule has 1 saturated carbocycles. The average Bonchev–Trinajstić information content (AvgIpc) is 2.80. The van der Waals surface area contributed by atoms with Gasteiger partial charge in [0.2, 0.25) is 5.91 Å². The van der Waals surface area contributed by atoms with E-state index in [9.17, 15) is 9.59 Å². The third kappa shape index (κ3) is 5.43. The minimum absolute atomic E-state index is 0.0661. The number of hydrogen-bond donors (Lipinski definition) is 1. The largest absolute Gasteiger partial charge is 0.493 e. The summed E-state index contributed by atoms with van der Waals surface area (Å²) in [5, 5.41) is 3.67. The number of amides is 1. The van der Waals surface area contributed by atoms with Crippen LogP contribution in [0.15, 0.2) is 23.3 Å². The highest BCUT2D eigenvalue weighted by Gasteiger charge is 2.32. The molecule has 1 fully saturated rings. The maximum atomic E-state index is 12.9. The zero-order chi connectivity index (χ0) is 23.3. The first kappa shape index (κ1) is 24.1. The van der Waals surface area contributed by atoms with Crippen molar-refractivity contribution in [1.29, 1.82) is 0 Å². The average molecular weight is 444 g/mol. The number of ether oxygens (including phenoxy) is 2. The fourth-order valence-corrected chi connectivity index (χ4v) is 4.66. The van der Waals surface area contributed by atoms with Gasteiger partial charge in [-0.15, -0.1) is 0 Å². The van der Waals surface area contributed by atoms with Crippen LogP contribution < -0.4 is 20.3 Å². The Hall–Kier alpha value is -2.57. The van der Waals surface area contributed by atoms with Crippen molar-refractivity contribution < 1.29 is 14.3 Å². The van der Waals surface area contributed by atoms with Crippen molar-refractivity contribution in [2.24, 2.45) is 11.3 Å². The third-order valence-corrected chi connectivity index (χ3v) is 7.24. The molecule has 7 nitrogen and oxygen atoms in total. The number of nitrogens with one attached hydrogen (secondary N) is 1. The van der Waals surface area contributed by atoms with E-state index in [0.29, 0.717) is 47.2 Å². The zero-order valence-corrected chi connectivity index (χ0v) is 20.1. The molecule has 32 heavy (non-hydrogen) atoms. The smallest absolute Gasteiger partial charge is 0.261 e. The highest BCUT2D eigenvalue weighted by molar-refractivity contribution is 5.81. The first-order valence-electron chi connectivity index (χ1n) is 11.7. The molecule has 0 spiro atoms. The van der Waals surface area contributed by atoms with Crippen LogP contribution in [0.5, 0.6) is 11.5 Å². The number of carbonyl (C=O) groups is 1. The number of aromatic nitrogens is 2. The summed E-state index contributed by atoms with van der Waals surface area (Å²) in [7, 11) is 3.09. The van der Waals surface area contributed by atoms with Crippen LogP contribution in [-0.2, 0) is 11.3 Å². The van der Waals surface area contributed by atoms with Gasteiger partial charge in [0.05, 0.1) is 31.4 Å². The summed E-state index contributed by atoms with van der Waals surface area (Å²) in [6.45, 7) is 7.41. The van der Waals surface area contributed by atoms with E-state index in [-0.39, 0.29) is 17.5 Å². The van der Waals surface area contributed by atoms with Crippen LogP contribution in [0.3, 0.4) is 0 Å². The van der Waals surface area contributed by atoms with Crippen LogP contribution in [-0.4, -0.2) is 35.7 Å². The summed E-state index contributed by atoms with van der Waals surface area (Å²) < 4.78 is 12.1. The van der Waals surface area contributed by atoms with E-state index >= 15 is 0 Å². The molecule has 1 aliphatic carbocycles. The van der Waals surface area contributed by atoms with Crippen molar-refractivity contribution >= 4 is 16.8 Å². The van der Waals surface area contributed by atoms with Gasteiger partial charge in [0.25, 0.3) is 5.56 Å². The lowest BCUT2D eigenvalue weighted by molar-refractivity contribution is -0.122. The van der Waals surface area contributed by atoms with E-state index in [2.05, 4.69) is 31.1 Å². The molecule has 0 bridgehead atoms. The molecular weight excluding hydrogens is 406 g/mol. The Bertz CT molecular complexity index is 991. The first-order valence-corrected chi connectivity index (χ1v) is 11.7. The molecule has 0 atom stereocenters. The number of carbonyl (C=O) groups excluding carboxylic acids is 1. The SMILES string of the molecule is CCC(C)(C)C1CCC(NC(=O)CCCn2cnc3cc(OC)c(OC)cc3c2=O)CC1. The topological polar surface area (TPSA) is 82.5 Å². The number of hydrogen-bond acceptors (Lipinski definition) is 5. The van der Waals surface area contributed by atoms with Gasteiger partial charge < -0.3 is 14.8 Å². The summed E-state index contributed by atoms with van der Waals surface area (Å²) in [4.78, 5) is 29.7. The van der Waals surface area contributed by atoms with E-state index in [4.69, 9.17) is 9.47 Å². The van der Waals surface area contributed by atoms with Gasteiger partial charge in [0.1, 0.15) is 0 Å². The Labute approximate surface area is 190 Å². The third-order valence-electron chi connectivity index (χ3n) is 7.24. The van der Waals surface area contributed by atoms with Gasteiger partial charge in [0.15, 0.2) is 11.5 Å². The predicted molar refractivity (Wildman–Crippen MR) is 126 cm³/mol. The van der Waals surface area contributed by atoms with Crippen molar-refractivity contribution in [1.82, 2.24) is 14.9 Å². The number of fused-ring (bicyclic) bond motifs is 1. The molecule has 1 aromatic carbocycles. The molecular formula is C25H37N3O4. The molecule has 2 aromatic rings. The second-order valence-electron chi connectivity index (χ2n) is 9.53. The Balaban J connectivity index is 1.52. The molecule has 0 saturated heterocycles. The Morgan fingerprint density at radius 1 is 1.16 bits per heavy atom. The summed E-state index contributed by atoms with van der Waals surface area (Å²) >= 11 is 0. The van der Waals surface area contributed by atoms with Gasteiger partial charge in [-0.3, -0.25) is 14.2 Å². The van der Waals surface area contributed by atoms with Crippen LogP contribution in [0, 0.1) is 11.3 Å². The van der Waals surface area contributed by atoms with Gasteiger partial charge in [-0.2, -0.15) is 0 Å². The summed E-state index contributed by atoms with van der Waals surface area (Å²) in [5.41, 5.74) is 0.794. The molecule has 176 valence electrons.